The summed E-state index contributed by atoms with van der Waals surface area (Å²) >= 11 is 0. The summed E-state index contributed by atoms with van der Waals surface area (Å²) < 4.78 is 0. The molecule has 1 aromatic rings. The summed E-state index contributed by atoms with van der Waals surface area (Å²) in [5, 5.41) is 8.86. The van der Waals surface area contributed by atoms with E-state index in [4.69, 9.17) is 5.11 Å². The van der Waals surface area contributed by atoms with Crippen molar-refractivity contribution in [3.63, 3.8) is 0 Å². The second kappa shape index (κ2) is 9.01. The fourth-order valence-corrected chi connectivity index (χ4v) is 3.99. The maximum absolute atomic E-state index is 12.8. The molecular formula is C20H29N3O3. The molecule has 26 heavy (non-hydrogen) atoms. The van der Waals surface area contributed by atoms with Crippen LogP contribution in [0.3, 0.4) is 0 Å². The molecule has 0 saturated carbocycles. The number of carboxylic acid groups (broad SMARTS) is 1. The van der Waals surface area contributed by atoms with Gasteiger partial charge in [-0.25, -0.2) is 4.98 Å². The van der Waals surface area contributed by atoms with E-state index in [1.54, 1.807) is 6.20 Å². The van der Waals surface area contributed by atoms with Crippen molar-refractivity contribution < 1.29 is 14.7 Å². The van der Waals surface area contributed by atoms with Crippen LogP contribution in [-0.2, 0) is 4.79 Å². The fraction of sp³-hybridized carbons (Fsp3) is 0.650. The molecule has 6 heteroatoms. The number of hydrogen-bond acceptors (Lipinski definition) is 4. The first-order valence-corrected chi connectivity index (χ1v) is 9.85. The highest BCUT2D eigenvalue weighted by Gasteiger charge is 2.25. The van der Waals surface area contributed by atoms with Gasteiger partial charge in [0.25, 0.3) is 5.91 Å². The zero-order valence-corrected chi connectivity index (χ0v) is 15.4. The molecule has 1 unspecified atom stereocenters. The Bertz CT molecular complexity index is 609. The molecule has 1 amide bonds. The van der Waals surface area contributed by atoms with Gasteiger partial charge in [-0.05, 0) is 50.2 Å². The van der Waals surface area contributed by atoms with Gasteiger partial charge in [-0.3, -0.25) is 9.59 Å². The van der Waals surface area contributed by atoms with E-state index in [2.05, 4.69) is 9.88 Å². The Morgan fingerprint density at radius 3 is 2.50 bits per heavy atom. The maximum atomic E-state index is 12.8. The van der Waals surface area contributed by atoms with E-state index < -0.39 is 5.97 Å². The van der Waals surface area contributed by atoms with E-state index in [1.165, 1.54) is 25.7 Å². The first-order valence-electron chi connectivity index (χ1n) is 9.85. The summed E-state index contributed by atoms with van der Waals surface area (Å²) in [6.45, 7) is 3.48. The lowest BCUT2D eigenvalue weighted by Gasteiger charge is -2.32. The summed E-state index contributed by atoms with van der Waals surface area (Å²) in [6, 6.07) is 3.85. The van der Waals surface area contributed by atoms with E-state index in [0.29, 0.717) is 18.5 Å². The second-order valence-corrected chi connectivity index (χ2v) is 7.50. The van der Waals surface area contributed by atoms with Crippen LogP contribution >= 0.6 is 0 Å². The monoisotopic (exact) mass is 359 g/mol. The molecule has 3 rings (SSSR count). The van der Waals surface area contributed by atoms with Gasteiger partial charge in [0.1, 0.15) is 5.82 Å². The average Bonchev–Trinajstić information content (AvgIpc) is 2.96. The molecule has 2 fully saturated rings. The Hall–Kier alpha value is -2.11. The molecule has 0 aromatic carbocycles. The van der Waals surface area contributed by atoms with E-state index in [-0.39, 0.29) is 18.2 Å². The largest absolute Gasteiger partial charge is 0.481 e. The molecule has 0 aliphatic carbocycles. The lowest BCUT2D eigenvalue weighted by molar-refractivity contribution is -0.137. The van der Waals surface area contributed by atoms with Crippen LogP contribution in [0.25, 0.3) is 0 Å². The predicted octanol–water partition coefficient (Wildman–Crippen LogP) is 3.18. The van der Waals surface area contributed by atoms with Crippen molar-refractivity contribution in [1.82, 2.24) is 9.88 Å². The van der Waals surface area contributed by atoms with E-state index in [9.17, 15) is 9.59 Å². The van der Waals surface area contributed by atoms with Crippen molar-refractivity contribution in [2.24, 2.45) is 5.92 Å². The number of hydrogen-bond donors (Lipinski definition) is 1. The number of piperidine rings is 1. The summed E-state index contributed by atoms with van der Waals surface area (Å²) in [5.41, 5.74) is 0.627. The third-order valence-electron chi connectivity index (χ3n) is 5.50. The Morgan fingerprint density at radius 2 is 1.85 bits per heavy atom. The van der Waals surface area contributed by atoms with Gasteiger partial charge in [0.05, 0.1) is 5.56 Å². The number of anilines is 1. The average molecular weight is 359 g/mol. The number of aromatic nitrogens is 1. The third kappa shape index (κ3) is 4.96. The Morgan fingerprint density at radius 1 is 1.08 bits per heavy atom. The zero-order chi connectivity index (χ0) is 18.4. The molecule has 1 N–H and O–H groups in total. The van der Waals surface area contributed by atoms with Crippen LogP contribution in [0.1, 0.15) is 61.7 Å². The Kier molecular flexibility index (Phi) is 6.47. The molecular weight excluding hydrogens is 330 g/mol. The molecule has 2 aliphatic heterocycles. The first kappa shape index (κ1) is 18.7. The lowest BCUT2D eigenvalue weighted by atomic mass is 9.93. The topological polar surface area (TPSA) is 73.7 Å². The number of rotatable bonds is 5. The van der Waals surface area contributed by atoms with Crippen molar-refractivity contribution in [1.29, 1.82) is 0 Å². The Labute approximate surface area is 155 Å². The third-order valence-corrected chi connectivity index (χ3v) is 5.50. The van der Waals surface area contributed by atoms with Crippen LogP contribution < -0.4 is 4.90 Å². The fourth-order valence-electron chi connectivity index (χ4n) is 3.99. The minimum Gasteiger partial charge on any atom is -0.481 e. The van der Waals surface area contributed by atoms with Gasteiger partial charge in [-0.1, -0.05) is 12.8 Å². The van der Waals surface area contributed by atoms with Gasteiger partial charge in [0.2, 0.25) is 0 Å². The lowest BCUT2D eigenvalue weighted by Crippen LogP contribution is -2.40. The van der Waals surface area contributed by atoms with Gasteiger partial charge >= 0.3 is 5.97 Å². The molecule has 1 atom stereocenters. The summed E-state index contributed by atoms with van der Waals surface area (Å²) in [4.78, 5) is 32.3. The highest BCUT2D eigenvalue weighted by atomic mass is 16.4. The standard InChI is InChI=1S/C20H29N3O3/c24-19(25)10-7-16-6-5-13-23(15-16)20(26)17-8-9-18(21-14-17)22-11-3-1-2-4-12-22/h8-9,14,16H,1-7,10-13,15H2,(H,24,25). The smallest absolute Gasteiger partial charge is 0.303 e. The SMILES string of the molecule is O=C(O)CCC1CCCN(C(=O)c2ccc(N3CCCCCC3)nc2)C1. The van der Waals surface area contributed by atoms with Crippen molar-refractivity contribution in [3.05, 3.63) is 23.9 Å². The number of carboxylic acids is 1. The number of carbonyl (C=O) groups excluding carboxylic acids is 1. The Balaban J connectivity index is 1.59. The van der Waals surface area contributed by atoms with Crippen LogP contribution in [0, 0.1) is 5.92 Å². The minimum atomic E-state index is -0.762. The van der Waals surface area contributed by atoms with Crippen LogP contribution in [-0.4, -0.2) is 53.0 Å². The predicted molar refractivity (Wildman–Crippen MR) is 100 cm³/mol. The normalized spacial score (nSPS) is 21.3. The number of pyridine rings is 1. The van der Waals surface area contributed by atoms with Crippen LogP contribution in [0.4, 0.5) is 5.82 Å². The van der Waals surface area contributed by atoms with Crippen LogP contribution in [0.5, 0.6) is 0 Å². The molecule has 6 nitrogen and oxygen atoms in total. The van der Waals surface area contributed by atoms with Crippen molar-refractivity contribution in [2.45, 2.75) is 51.4 Å². The molecule has 0 spiro atoms. The van der Waals surface area contributed by atoms with Gasteiger partial charge in [0.15, 0.2) is 0 Å². The molecule has 2 saturated heterocycles. The zero-order valence-electron chi connectivity index (χ0n) is 15.4. The second-order valence-electron chi connectivity index (χ2n) is 7.50. The summed E-state index contributed by atoms with van der Waals surface area (Å²) in [5.74, 6) is 0.497. The van der Waals surface area contributed by atoms with Gasteiger partial charge in [0, 0.05) is 38.8 Å². The van der Waals surface area contributed by atoms with Gasteiger partial charge in [-0.15, -0.1) is 0 Å². The highest BCUT2D eigenvalue weighted by molar-refractivity contribution is 5.94. The molecule has 142 valence electrons. The summed E-state index contributed by atoms with van der Waals surface area (Å²) in [7, 11) is 0. The van der Waals surface area contributed by atoms with Crippen molar-refractivity contribution >= 4 is 17.7 Å². The van der Waals surface area contributed by atoms with E-state index in [1.807, 2.05) is 17.0 Å². The number of aliphatic carboxylic acids is 1. The summed E-state index contributed by atoms with van der Waals surface area (Å²) in [6.07, 6.45) is 9.43. The maximum Gasteiger partial charge on any atom is 0.303 e. The number of amides is 1. The highest BCUT2D eigenvalue weighted by Crippen LogP contribution is 2.23. The number of nitrogens with zero attached hydrogens (tertiary/aromatic N) is 3. The molecule has 3 heterocycles. The first-order chi connectivity index (χ1) is 12.6. The number of carbonyl (C=O) groups is 2. The van der Waals surface area contributed by atoms with Crippen LogP contribution in [0.15, 0.2) is 18.3 Å². The molecule has 1 aromatic heterocycles. The van der Waals surface area contributed by atoms with Crippen LogP contribution in [0.2, 0.25) is 0 Å². The molecule has 2 aliphatic rings. The van der Waals surface area contributed by atoms with E-state index >= 15 is 0 Å². The van der Waals surface area contributed by atoms with Crippen molar-refractivity contribution in [3.8, 4) is 0 Å². The number of likely N-dealkylation sites (tertiary alicyclic amines) is 1. The van der Waals surface area contributed by atoms with Gasteiger partial charge in [-0.2, -0.15) is 0 Å². The molecule has 0 bridgehead atoms. The molecule has 0 radical (unpaired) electrons. The van der Waals surface area contributed by atoms with Crippen molar-refractivity contribution in [2.75, 3.05) is 31.1 Å². The quantitative estimate of drug-likeness (QED) is 0.874. The minimum absolute atomic E-state index is 0.0138. The van der Waals surface area contributed by atoms with Gasteiger partial charge < -0.3 is 14.9 Å². The van der Waals surface area contributed by atoms with E-state index in [0.717, 1.165) is 38.3 Å².